The Morgan fingerprint density at radius 2 is 1.90 bits per heavy atom. The Kier molecular flexibility index (Phi) is 7.33. The van der Waals surface area contributed by atoms with Gasteiger partial charge in [0.2, 0.25) is 0 Å². The molecule has 2 heterocycles. The summed E-state index contributed by atoms with van der Waals surface area (Å²) in [6, 6.07) is 7.00. The Labute approximate surface area is 184 Å². The number of aryl methyl sites for hydroxylation is 1. The lowest BCUT2D eigenvalue weighted by atomic mass is 10.2. The maximum Gasteiger partial charge on any atom is 0.351 e. The summed E-state index contributed by atoms with van der Waals surface area (Å²) in [7, 11) is 0. The van der Waals surface area contributed by atoms with Crippen LogP contribution in [-0.4, -0.2) is 53.2 Å². The Bertz CT molecular complexity index is 891. The van der Waals surface area contributed by atoms with Crippen molar-refractivity contribution in [1.29, 1.82) is 0 Å². The van der Waals surface area contributed by atoms with Crippen molar-refractivity contribution in [3.05, 3.63) is 44.9 Å². The van der Waals surface area contributed by atoms with E-state index in [0.29, 0.717) is 39.4 Å². The van der Waals surface area contributed by atoms with Crippen LogP contribution >= 0.6 is 22.9 Å². The van der Waals surface area contributed by atoms with Gasteiger partial charge in [-0.15, -0.1) is 11.3 Å². The van der Waals surface area contributed by atoms with Crippen LogP contribution in [0.1, 0.15) is 41.1 Å². The summed E-state index contributed by atoms with van der Waals surface area (Å²) in [6.07, 6.45) is -0.981. The van der Waals surface area contributed by atoms with Gasteiger partial charge in [-0.2, -0.15) is 0 Å². The smallest absolute Gasteiger partial charge is 0.351 e. The van der Waals surface area contributed by atoms with Crippen LogP contribution in [0.3, 0.4) is 0 Å². The molecule has 0 aliphatic carbocycles. The minimum atomic E-state index is -0.884. The lowest BCUT2D eigenvalue weighted by Gasteiger charge is -2.36. The molecular formula is C21H25ClN2O5S. The van der Waals surface area contributed by atoms with Gasteiger partial charge in [0.05, 0.1) is 17.9 Å². The number of esters is 1. The number of nitrogens with zero attached hydrogens (tertiary/aromatic N) is 2. The van der Waals surface area contributed by atoms with Crippen LogP contribution in [0.4, 0.5) is 0 Å². The molecule has 0 radical (unpaired) electrons. The first-order chi connectivity index (χ1) is 14.2. The van der Waals surface area contributed by atoms with E-state index in [9.17, 15) is 9.59 Å². The van der Waals surface area contributed by atoms with E-state index in [1.165, 1.54) is 11.3 Å². The van der Waals surface area contributed by atoms with Crippen LogP contribution in [-0.2, 0) is 20.9 Å². The molecule has 1 saturated heterocycles. The molecule has 0 spiro atoms. The molecule has 0 bridgehead atoms. The average molecular weight is 453 g/mol. The number of thiazole rings is 1. The predicted octanol–water partition coefficient (Wildman–Crippen LogP) is 3.87. The fraction of sp³-hybridized carbons (Fsp3) is 0.476. The van der Waals surface area contributed by atoms with Gasteiger partial charge in [0.1, 0.15) is 22.2 Å². The lowest BCUT2D eigenvalue weighted by Crippen LogP contribution is -2.51. The Hall–Kier alpha value is -2.16. The number of amides is 1. The number of benzene rings is 1. The molecule has 7 nitrogen and oxygen atoms in total. The van der Waals surface area contributed by atoms with E-state index in [2.05, 4.69) is 4.98 Å². The monoisotopic (exact) mass is 452 g/mol. The van der Waals surface area contributed by atoms with Crippen molar-refractivity contribution in [3.8, 4) is 5.75 Å². The van der Waals surface area contributed by atoms with E-state index < -0.39 is 12.1 Å². The van der Waals surface area contributed by atoms with Crippen molar-refractivity contribution in [1.82, 2.24) is 9.88 Å². The molecule has 162 valence electrons. The van der Waals surface area contributed by atoms with Crippen molar-refractivity contribution in [2.75, 3.05) is 13.1 Å². The minimum absolute atomic E-state index is 0.0486. The van der Waals surface area contributed by atoms with Crippen LogP contribution < -0.4 is 4.74 Å². The van der Waals surface area contributed by atoms with Crippen molar-refractivity contribution < 1.29 is 23.8 Å². The molecule has 1 aliphatic heterocycles. The summed E-state index contributed by atoms with van der Waals surface area (Å²) in [5, 5.41) is 1.27. The summed E-state index contributed by atoms with van der Waals surface area (Å²) < 4.78 is 16.8. The highest BCUT2D eigenvalue weighted by molar-refractivity contribution is 7.13. The number of hydrogen-bond donors (Lipinski definition) is 0. The number of hydrogen-bond acceptors (Lipinski definition) is 7. The number of ether oxygens (including phenoxy) is 3. The van der Waals surface area contributed by atoms with E-state index in [1.54, 1.807) is 43.0 Å². The summed E-state index contributed by atoms with van der Waals surface area (Å²) in [5.74, 6) is -0.124. The molecule has 1 aliphatic rings. The third-order valence-electron chi connectivity index (χ3n) is 4.57. The molecule has 1 aromatic heterocycles. The second-order valence-electron chi connectivity index (χ2n) is 7.31. The lowest BCUT2D eigenvalue weighted by molar-refractivity contribution is -0.151. The van der Waals surface area contributed by atoms with Crippen LogP contribution in [0.2, 0.25) is 5.02 Å². The molecular weight excluding hydrogens is 428 g/mol. The molecule has 1 amide bonds. The number of morpholine rings is 1. The van der Waals surface area contributed by atoms with Gasteiger partial charge in [-0.3, -0.25) is 4.79 Å². The molecule has 9 heteroatoms. The first-order valence-corrected chi connectivity index (χ1v) is 10.9. The topological polar surface area (TPSA) is 78.0 Å². The second-order valence-corrected chi connectivity index (χ2v) is 8.83. The fourth-order valence-corrected chi connectivity index (χ4v) is 4.25. The summed E-state index contributed by atoms with van der Waals surface area (Å²) in [5.41, 5.74) is 0.549. The predicted molar refractivity (Wildman–Crippen MR) is 114 cm³/mol. The third kappa shape index (κ3) is 5.71. The van der Waals surface area contributed by atoms with Crippen molar-refractivity contribution in [2.24, 2.45) is 0 Å². The molecule has 3 unspecified atom stereocenters. The summed E-state index contributed by atoms with van der Waals surface area (Å²) in [6.45, 7) is 8.34. The van der Waals surface area contributed by atoms with Crippen molar-refractivity contribution in [2.45, 2.75) is 52.6 Å². The van der Waals surface area contributed by atoms with Crippen LogP contribution in [0.25, 0.3) is 0 Å². The molecule has 30 heavy (non-hydrogen) atoms. The SMILES string of the molecule is Cc1nc(COc2ccc(Cl)cc2)sc1C(=O)OC(C)C(=O)N1CC(C)OC(C)C1. The number of aromatic nitrogens is 1. The normalized spacial score (nSPS) is 20.0. The van der Waals surface area contributed by atoms with E-state index in [1.807, 2.05) is 13.8 Å². The van der Waals surface area contributed by atoms with E-state index >= 15 is 0 Å². The molecule has 3 atom stereocenters. The highest BCUT2D eigenvalue weighted by Gasteiger charge is 2.31. The molecule has 1 fully saturated rings. The fourth-order valence-electron chi connectivity index (χ4n) is 3.26. The molecule has 3 rings (SSSR count). The third-order valence-corrected chi connectivity index (χ3v) is 5.93. The van der Waals surface area contributed by atoms with Gasteiger partial charge >= 0.3 is 5.97 Å². The van der Waals surface area contributed by atoms with Crippen molar-refractivity contribution >= 4 is 34.8 Å². The van der Waals surface area contributed by atoms with Crippen LogP contribution in [0, 0.1) is 6.92 Å². The molecule has 1 aromatic carbocycles. The number of rotatable bonds is 6. The van der Waals surface area contributed by atoms with E-state index in [4.69, 9.17) is 25.8 Å². The highest BCUT2D eigenvalue weighted by atomic mass is 35.5. The maximum absolute atomic E-state index is 12.7. The maximum atomic E-state index is 12.7. The zero-order chi connectivity index (χ0) is 21.8. The van der Waals surface area contributed by atoms with Gasteiger partial charge in [-0.05, 0) is 52.0 Å². The Morgan fingerprint density at radius 1 is 1.27 bits per heavy atom. The summed E-state index contributed by atoms with van der Waals surface area (Å²) >= 11 is 7.06. The number of carbonyl (C=O) groups excluding carboxylic acids is 2. The van der Waals surface area contributed by atoms with Gasteiger partial charge in [0.15, 0.2) is 6.10 Å². The first kappa shape index (κ1) is 22.5. The van der Waals surface area contributed by atoms with Gasteiger partial charge in [-0.1, -0.05) is 11.6 Å². The molecule has 2 aromatic rings. The van der Waals surface area contributed by atoms with Crippen LogP contribution in [0.5, 0.6) is 5.75 Å². The minimum Gasteiger partial charge on any atom is -0.486 e. The Morgan fingerprint density at radius 3 is 2.53 bits per heavy atom. The number of carbonyl (C=O) groups is 2. The van der Waals surface area contributed by atoms with Gasteiger partial charge in [0.25, 0.3) is 5.91 Å². The van der Waals surface area contributed by atoms with Crippen molar-refractivity contribution in [3.63, 3.8) is 0 Å². The number of halogens is 1. The first-order valence-electron chi connectivity index (χ1n) is 9.72. The van der Waals surface area contributed by atoms with Gasteiger partial charge in [-0.25, -0.2) is 9.78 Å². The average Bonchev–Trinajstić information content (AvgIpc) is 3.07. The zero-order valence-electron chi connectivity index (χ0n) is 17.4. The zero-order valence-corrected chi connectivity index (χ0v) is 19.0. The van der Waals surface area contributed by atoms with Gasteiger partial charge in [0, 0.05) is 18.1 Å². The highest BCUT2D eigenvalue weighted by Crippen LogP contribution is 2.23. The largest absolute Gasteiger partial charge is 0.486 e. The van der Waals surface area contributed by atoms with Crippen LogP contribution in [0.15, 0.2) is 24.3 Å². The molecule has 0 saturated carbocycles. The van der Waals surface area contributed by atoms with Gasteiger partial charge < -0.3 is 19.1 Å². The second kappa shape index (κ2) is 9.76. The summed E-state index contributed by atoms with van der Waals surface area (Å²) in [4.78, 5) is 31.7. The van der Waals surface area contributed by atoms with E-state index in [-0.39, 0.29) is 24.7 Å². The quantitative estimate of drug-likeness (QED) is 0.619. The van der Waals surface area contributed by atoms with E-state index in [0.717, 1.165) is 0 Å². The Balaban J connectivity index is 1.58. The standard InChI is InChI=1S/C21H25ClN2O5S/c1-12-9-24(10-13(2)28-12)20(25)15(4)29-21(26)19-14(3)23-18(30-19)11-27-17-7-5-16(22)6-8-17/h5-8,12-13,15H,9-11H2,1-4H3. The molecule has 0 N–H and O–H groups in total.